The van der Waals surface area contributed by atoms with Crippen LogP contribution in [0, 0.1) is 24.7 Å². The third-order valence-electron chi connectivity index (χ3n) is 3.12. The zero-order valence-corrected chi connectivity index (χ0v) is 10.2. The van der Waals surface area contributed by atoms with Gasteiger partial charge in [-0.25, -0.2) is 0 Å². The van der Waals surface area contributed by atoms with Gasteiger partial charge in [0, 0.05) is 19.1 Å². The van der Waals surface area contributed by atoms with E-state index >= 15 is 0 Å². The van der Waals surface area contributed by atoms with Gasteiger partial charge >= 0.3 is 0 Å². The Hall–Kier alpha value is -0.960. The maximum absolute atomic E-state index is 5.50. The topological polar surface area (TPSA) is 15.3 Å². The van der Waals surface area contributed by atoms with Crippen LogP contribution in [0.15, 0.2) is 0 Å². The normalized spacial score (nSPS) is 19.9. The van der Waals surface area contributed by atoms with E-state index in [1.54, 1.807) is 0 Å². The minimum absolute atomic E-state index is 0.245. The van der Waals surface area contributed by atoms with E-state index in [9.17, 15) is 0 Å². The van der Waals surface area contributed by atoms with Gasteiger partial charge in [-0.15, -0.1) is 12.8 Å². The molecule has 0 aromatic rings. The van der Waals surface area contributed by atoms with Crippen molar-refractivity contribution in [3.05, 3.63) is 0 Å². The molecule has 1 unspecified atom stereocenters. The number of terminal acetylenes is 2. The molecule has 2 nitrogen and oxygen atoms in total. The van der Waals surface area contributed by atoms with Crippen molar-refractivity contribution in [3.8, 4) is 24.7 Å². The van der Waals surface area contributed by atoms with Gasteiger partial charge in [-0.1, -0.05) is 25.2 Å². The van der Waals surface area contributed by atoms with Crippen molar-refractivity contribution in [3.63, 3.8) is 0 Å². The fourth-order valence-electron chi connectivity index (χ4n) is 2.17. The second-order valence-corrected chi connectivity index (χ2v) is 4.43. The van der Waals surface area contributed by atoms with Crippen molar-refractivity contribution in [1.82, 2.24) is 10.2 Å². The van der Waals surface area contributed by atoms with Crippen molar-refractivity contribution in [2.75, 3.05) is 19.6 Å². The number of nitrogens with one attached hydrogen (secondary N) is 1. The smallest absolute Gasteiger partial charge is 0.0688 e. The molecular formula is C14H22N2. The fraction of sp³-hybridized carbons (Fsp3) is 0.714. The van der Waals surface area contributed by atoms with Crippen molar-refractivity contribution in [2.45, 2.75) is 44.7 Å². The third kappa shape index (κ3) is 4.27. The Morgan fingerprint density at radius 3 is 2.56 bits per heavy atom. The van der Waals surface area contributed by atoms with E-state index < -0.39 is 0 Å². The van der Waals surface area contributed by atoms with E-state index in [4.69, 9.17) is 12.8 Å². The van der Waals surface area contributed by atoms with E-state index in [0.29, 0.717) is 6.04 Å². The van der Waals surface area contributed by atoms with Crippen LogP contribution in [0.2, 0.25) is 0 Å². The summed E-state index contributed by atoms with van der Waals surface area (Å²) in [6, 6.07) is 0.816. The van der Waals surface area contributed by atoms with E-state index in [0.717, 1.165) is 45.3 Å². The van der Waals surface area contributed by atoms with Crippen LogP contribution in [0.4, 0.5) is 0 Å². The molecular weight excluding hydrogens is 196 g/mol. The van der Waals surface area contributed by atoms with E-state index in [-0.39, 0.29) is 6.04 Å². The first kappa shape index (κ1) is 13.1. The molecule has 0 aromatic carbocycles. The van der Waals surface area contributed by atoms with Gasteiger partial charge in [-0.2, -0.15) is 0 Å². The quantitative estimate of drug-likeness (QED) is 0.703. The van der Waals surface area contributed by atoms with Gasteiger partial charge in [0.15, 0.2) is 0 Å². The molecule has 2 heteroatoms. The predicted octanol–water partition coefficient (Wildman–Crippen LogP) is 1.48. The number of likely N-dealkylation sites (tertiary alicyclic amines) is 1. The molecule has 0 amide bonds. The van der Waals surface area contributed by atoms with Gasteiger partial charge in [-0.05, 0) is 19.3 Å². The van der Waals surface area contributed by atoms with Crippen LogP contribution in [-0.2, 0) is 0 Å². The molecule has 0 bridgehead atoms. The first-order valence-corrected chi connectivity index (χ1v) is 6.18. The lowest BCUT2D eigenvalue weighted by atomic mass is 10.0. The Morgan fingerprint density at radius 2 is 2.06 bits per heavy atom. The molecule has 1 N–H and O–H groups in total. The number of nitrogens with zero attached hydrogens (tertiary/aromatic N) is 1. The second-order valence-electron chi connectivity index (χ2n) is 4.43. The lowest BCUT2D eigenvalue weighted by molar-refractivity contribution is 0.213. The molecule has 1 saturated heterocycles. The Balaban J connectivity index is 2.26. The number of hydrogen-bond donors (Lipinski definition) is 1. The van der Waals surface area contributed by atoms with Gasteiger partial charge in [0.1, 0.15) is 0 Å². The van der Waals surface area contributed by atoms with Gasteiger partial charge in [0.25, 0.3) is 0 Å². The molecule has 1 heterocycles. The number of hydrogen-bond acceptors (Lipinski definition) is 2. The highest BCUT2D eigenvalue weighted by Gasteiger charge is 2.19. The van der Waals surface area contributed by atoms with Gasteiger partial charge in [0.2, 0.25) is 0 Å². The number of piperidine rings is 1. The molecule has 0 spiro atoms. The van der Waals surface area contributed by atoms with Gasteiger partial charge in [0.05, 0.1) is 12.6 Å². The average Bonchev–Trinajstić information content (AvgIpc) is 2.31. The fourth-order valence-corrected chi connectivity index (χ4v) is 2.17. The molecule has 0 saturated carbocycles. The molecule has 88 valence electrons. The van der Waals surface area contributed by atoms with E-state index in [1.165, 1.54) is 0 Å². The number of rotatable bonds is 5. The Bertz CT molecular complexity index is 263. The minimum atomic E-state index is 0.245. The largest absolute Gasteiger partial charge is 0.301 e. The Kier molecular flexibility index (Phi) is 6.01. The summed E-state index contributed by atoms with van der Waals surface area (Å²) in [5.41, 5.74) is 0. The zero-order valence-electron chi connectivity index (χ0n) is 10.2. The minimum Gasteiger partial charge on any atom is -0.301 e. The maximum atomic E-state index is 5.50. The summed E-state index contributed by atoms with van der Waals surface area (Å²) in [5.74, 6) is 5.53. The zero-order chi connectivity index (χ0) is 11.8. The monoisotopic (exact) mass is 218 g/mol. The van der Waals surface area contributed by atoms with Crippen LogP contribution in [-0.4, -0.2) is 36.6 Å². The van der Waals surface area contributed by atoms with Gasteiger partial charge < -0.3 is 5.32 Å². The van der Waals surface area contributed by atoms with Crippen LogP contribution in [0.1, 0.15) is 32.6 Å². The highest BCUT2D eigenvalue weighted by Crippen LogP contribution is 2.11. The summed E-state index contributed by atoms with van der Waals surface area (Å²) in [5, 5.41) is 3.55. The van der Waals surface area contributed by atoms with Crippen molar-refractivity contribution >= 4 is 0 Å². The van der Waals surface area contributed by atoms with Crippen molar-refractivity contribution in [2.24, 2.45) is 0 Å². The Labute approximate surface area is 99.8 Å². The van der Waals surface area contributed by atoms with Crippen molar-refractivity contribution in [1.29, 1.82) is 0 Å². The maximum Gasteiger partial charge on any atom is 0.0688 e. The summed E-state index contributed by atoms with van der Waals surface area (Å²) in [4.78, 5) is 2.32. The summed E-state index contributed by atoms with van der Waals surface area (Å²) in [6.45, 7) is 5.12. The molecule has 0 aromatic heterocycles. The summed E-state index contributed by atoms with van der Waals surface area (Å²) in [6.07, 6.45) is 15.3. The summed E-state index contributed by atoms with van der Waals surface area (Å²) >= 11 is 0. The first-order chi connectivity index (χ1) is 7.80. The molecule has 1 atom stereocenters. The first-order valence-electron chi connectivity index (χ1n) is 6.18. The third-order valence-corrected chi connectivity index (χ3v) is 3.12. The standard InChI is InChI=1S/C14H22N2/c1-4-7-13(6-3)15-14-8-11-16(10-5-2)12-9-14/h2-3,13-15H,4,7-12H2,1H3. The molecule has 1 rings (SSSR count). The predicted molar refractivity (Wildman–Crippen MR) is 69.0 cm³/mol. The Morgan fingerprint density at radius 1 is 1.38 bits per heavy atom. The van der Waals surface area contributed by atoms with Crippen molar-refractivity contribution < 1.29 is 0 Å². The second kappa shape index (κ2) is 7.34. The van der Waals surface area contributed by atoms with Gasteiger partial charge in [-0.3, -0.25) is 4.90 Å². The van der Waals surface area contributed by atoms with E-state index in [1.807, 2.05) is 0 Å². The summed E-state index contributed by atoms with van der Waals surface area (Å²) < 4.78 is 0. The van der Waals surface area contributed by atoms with Crippen LogP contribution >= 0.6 is 0 Å². The molecule has 0 radical (unpaired) electrons. The van der Waals surface area contributed by atoms with Crippen LogP contribution < -0.4 is 5.32 Å². The molecule has 1 fully saturated rings. The van der Waals surface area contributed by atoms with Crippen LogP contribution in [0.5, 0.6) is 0 Å². The summed E-state index contributed by atoms with van der Waals surface area (Å²) in [7, 11) is 0. The highest BCUT2D eigenvalue weighted by atomic mass is 15.1. The molecule has 16 heavy (non-hydrogen) atoms. The van der Waals surface area contributed by atoms with Crippen LogP contribution in [0.3, 0.4) is 0 Å². The SMILES string of the molecule is C#CCN1CCC(NC(C#C)CCC)CC1. The molecule has 1 aliphatic rings. The highest BCUT2D eigenvalue weighted by molar-refractivity contribution is 5.00. The average molecular weight is 218 g/mol. The molecule has 0 aliphatic carbocycles. The lowest BCUT2D eigenvalue weighted by Gasteiger charge is -2.32. The lowest BCUT2D eigenvalue weighted by Crippen LogP contribution is -2.45. The van der Waals surface area contributed by atoms with Crippen LogP contribution in [0.25, 0.3) is 0 Å². The molecule has 1 aliphatic heterocycles. The van der Waals surface area contributed by atoms with E-state index in [2.05, 4.69) is 29.0 Å².